The summed E-state index contributed by atoms with van der Waals surface area (Å²) in [5.74, 6) is 0. The van der Waals surface area contributed by atoms with Gasteiger partial charge in [0.05, 0.1) is 0 Å². The zero-order chi connectivity index (χ0) is 15.1. The molecule has 0 aliphatic rings. The van der Waals surface area contributed by atoms with Crippen LogP contribution in [0, 0.1) is 0 Å². The molecule has 0 N–H and O–H groups in total. The molecular formula is C16H33Cl3Sn. The summed E-state index contributed by atoms with van der Waals surface area (Å²) in [6, 6.07) is 0. The molecule has 0 unspecified atom stereocenters. The van der Waals surface area contributed by atoms with Gasteiger partial charge in [0.15, 0.2) is 0 Å². The summed E-state index contributed by atoms with van der Waals surface area (Å²) in [7, 11) is 17.8. The zero-order valence-electron chi connectivity index (χ0n) is 13.2. The van der Waals surface area contributed by atoms with E-state index in [1.807, 2.05) is 0 Å². The molecule has 0 fully saturated rings. The predicted octanol–water partition coefficient (Wildman–Crippen LogP) is 8.12. The van der Waals surface area contributed by atoms with Crippen molar-refractivity contribution in [3.63, 3.8) is 0 Å². The van der Waals surface area contributed by atoms with E-state index in [-0.39, 0.29) is 0 Å². The van der Waals surface area contributed by atoms with Crippen LogP contribution >= 0.6 is 26.8 Å². The van der Waals surface area contributed by atoms with Gasteiger partial charge in [-0.25, -0.2) is 0 Å². The first kappa shape index (κ1) is 21.7. The van der Waals surface area contributed by atoms with E-state index in [1.54, 1.807) is 0 Å². The standard InChI is InChI=1S/C16H33.3ClH.Sn/c1-3-5-7-9-11-13-15-16-14-12-10-8-6-4-2;;;;/h1,3-16H2,2H3;3*1H;/q;;;;+3/p-3. The van der Waals surface area contributed by atoms with Crippen LogP contribution in [0.5, 0.6) is 0 Å². The predicted molar refractivity (Wildman–Crippen MR) is 98.4 cm³/mol. The molecule has 0 aliphatic carbocycles. The summed E-state index contributed by atoms with van der Waals surface area (Å²) in [5.41, 5.74) is 0. The molecule has 0 aromatic carbocycles. The first-order chi connectivity index (χ1) is 9.56. The fraction of sp³-hybridized carbons (Fsp3) is 1.00. The van der Waals surface area contributed by atoms with Gasteiger partial charge in [-0.3, -0.25) is 0 Å². The summed E-state index contributed by atoms with van der Waals surface area (Å²) in [6.07, 6.45) is 19.3. The molecule has 122 valence electrons. The minimum absolute atomic E-state index is 0.900. The summed E-state index contributed by atoms with van der Waals surface area (Å²) in [5, 5.41) is 0. The monoisotopic (exact) mass is 450 g/mol. The van der Waals surface area contributed by atoms with Crippen LogP contribution in [0.15, 0.2) is 0 Å². The molecule has 0 aromatic heterocycles. The van der Waals surface area contributed by atoms with Gasteiger partial charge in [-0.05, 0) is 0 Å². The number of hydrogen-bond donors (Lipinski definition) is 0. The number of hydrogen-bond acceptors (Lipinski definition) is 0. The summed E-state index contributed by atoms with van der Waals surface area (Å²) in [6.45, 7) is 2.28. The number of halogens is 3. The van der Waals surface area contributed by atoms with Crippen LogP contribution in [0.3, 0.4) is 0 Å². The van der Waals surface area contributed by atoms with Gasteiger partial charge in [-0.15, -0.1) is 0 Å². The average Bonchev–Trinajstić information content (AvgIpc) is 2.38. The summed E-state index contributed by atoms with van der Waals surface area (Å²) < 4.78 is 0.900. The van der Waals surface area contributed by atoms with Gasteiger partial charge in [0.1, 0.15) is 0 Å². The van der Waals surface area contributed by atoms with E-state index >= 15 is 0 Å². The second kappa shape index (κ2) is 15.6. The number of rotatable bonds is 15. The Hall–Kier alpha value is 1.67. The van der Waals surface area contributed by atoms with E-state index < -0.39 is 15.0 Å². The van der Waals surface area contributed by atoms with Crippen LogP contribution in [0.1, 0.15) is 96.8 Å². The first-order valence-corrected chi connectivity index (χ1v) is 21.5. The fourth-order valence-electron chi connectivity index (χ4n) is 2.52. The van der Waals surface area contributed by atoms with Crippen molar-refractivity contribution in [2.45, 2.75) is 101 Å². The van der Waals surface area contributed by atoms with Gasteiger partial charge in [-0.2, -0.15) is 0 Å². The Morgan fingerprint density at radius 3 is 1.10 bits per heavy atom. The first-order valence-electron chi connectivity index (χ1n) is 8.63. The summed E-state index contributed by atoms with van der Waals surface area (Å²) >= 11 is -3.01. The zero-order valence-corrected chi connectivity index (χ0v) is 18.4. The van der Waals surface area contributed by atoms with Crippen LogP contribution in [0.4, 0.5) is 0 Å². The Kier molecular flexibility index (Phi) is 16.9. The Balaban J connectivity index is 2.99. The molecule has 0 amide bonds. The van der Waals surface area contributed by atoms with Crippen molar-refractivity contribution < 1.29 is 0 Å². The van der Waals surface area contributed by atoms with Gasteiger partial charge in [0.2, 0.25) is 0 Å². The molecule has 0 saturated heterocycles. The van der Waals surface area contributed by atoms with Crippen molar-refractivity contribution >= 4 is 41.8 Å². The van der Waals surface area contributed by atoms with Crippen molar-refractivity contribution in [2.75, 3.05) is 0 Å². The third kappa shape index (κ3) is 19.7. The van der Waals surface area contributed by atoms with Crippen molar-refractivity contribution in [1.82, 2.24) is 0 Å². The second-order valence-electron chi connectivity index (χ2n) is 5.96. The number of unbranched alkanes of at least 4 members (excludes halogenated alkanes) is 13. The van der Waals surface area contributed by atoms with Crippen molar-refractivity contribution in [3.8, 4) is 0 Å². The molecular weight excluding hydrogens is 417 g/mol. The Labute approximate surface area is 142 Å². The van der Waals surface area contributed by atoms with E-state index in [4.69, 9.17) is 26.8 Å². The van der Waals surface area contributed by atoms with Gasteiger partial charge in [0, 0.05) is 0 Å². The SMILES string of the molecule is CCCCCCCCCCCCCCC[CH2][Sn]([Cl])([Cl])[Cl]. The molecule has 0 nitrogen and oxygen atoms in total. The molecule has 0 radical (unpaired) electrons. The van der Waals surface area contributed by atoms with Crippen LogP contribution < -0.4 is 0 Å². The minimum atomic E-state index is -3.01. The molecule has 0 aliphatic heterocycles. The van der Waals surface area contributed by atoms with E-state index in [2.05, 4.69) is 6.92 Å². The topological polar surface area (TPSA) is 0 Å². The van der Waals surface area contributed by atoms with Crippen LogP contribution in [-0.4, -0.2) is 15.0 Å². The van der Waals surface area contributed by atoms with E-state index in [9.17, 15) is 0 Å². The summed E-state index contributed by atoms with van der Waals surface area (Å²) in [4.78, 5) is 0. The van der Waals surface area contributed by atoms with Crippen LogP contribution in [0.25, 0.3) is 0 Å². The van der Waals surface area contributed by atoms with E-state index in [1.165, 1.54) is 83.5 Å². The molecule has 0 spiro atoms. The molecule has 4 heteroatoms. The molecule has 20 heavy (non-hydrogen) atoms. The van der Waals surface area contributed by atoms with Crippen LogP contribution in [-0.2, 0) is 0 Å². The maximum atomic E-state index is 5.92. The second-order valence-corrected chi connectivity index (χ2v) is 27.8. The third-order valence-corrected chi connectivity index (χ3v) is 10.2. The fourth-order valence-corrected chi connectivity index (χ4v) is 7.07. The molecule has 0 saturated carbocycles. The molecule has 0 bridgehead atoms. The maximum absolute atomic E-state index is 5.92. The van der Waals surface area contributed by atoms with E-state index in [0.717, 1.165) is 10.9 Å². The van der Waals surface area contributed by atoms with Crippen molar-refractivity contribution in [1.29, 1.82) is 0 Å². The van der Waals surface area contributed by atoms with Crippen molar-refractivity contribution in [2.24, 2.45) is 0 Å². The molecule has 0 aromatic rings. The van der Waals surface area contributed by atoms with Gasteiger partial charge in [0.25, 0.3) is 0 Å². The van der Waals surface area contributed by atoms with Crippen molar-refractivity contribution in [3.05, 3.63) is 0 Å². The Bertz CT molecular complexity index is 193. The van der Waals surface area contributed by atoms with Gasteiger partial charge < -0.3 is 0 Å². The quantitative estimate of drug-likeness (QED) is 0.175. The molecule has 0 atom stereocenters. The van der Waals surface area contributed by atoms with E-state index in [0.29, 0.717) is 0 Å². The Morgan fingerprint density at radius 1 is 0.500 bits per heavy atom. The van der Waals surface area contributed by atoms with Gasteiger partial charge in [-0.1, -0.05) is 26.2 Å². The normalized spacial score (nSPS) is 12.0. The van der Waals surface area contributed by atoms with Crippen LogP contribution in [0.2, 0.25) is 4.44 Å². The molecule has 0 rings (SSSR count). The molecule has 0 heterocycles. The third-order valence-electron chi connectivity index (χ3n) is 3.81. The van der Waals surface area contributed by atoms with Gasteiger partial charge >= 0.3 is 117 Å². The Morgan fingerprint density at radius 2 is 0.800 bits per heavy atom. The average molecular weight is 451 g/mol.